The first-order chi connectivity index (χ1) is 8.97. The van der Waals surface area contributed by atoms with Crippen LogP contribution >= 0.6 is 27.5 Å². The first-order valence-corrected chi connectivity index (χ1v) is 7.14. The van der Waals surface area contributed by atoms with E-state index in [1.165, 1.54) is 0 Å². The van der Waals surface area contributed by atoms with Crippen molar-refractivity contribution in [1.29, 1.82) is 0 Å². The zero-order valence-electron chi connectivity index (χ0n) is 10.5. The van der Waals surface area contributed by atoms with Crippen LogP contribution in [0.3, 0.4) is 0 Å². The average Bonchev–Trinajstić information content (AvgIpc) is 2.37. The van der Waals surface area contributed by atoms with Crippen molar-refractivity contribution in [3.63, 3.8) is 0 Å². The molecule has 1 aromatic rings. The van der Waals surface area contributed by atoms with E-state index in [-0.39, 0.29) is 24.2 Å². The van der Waals surface area contributed by atoms with Gasteiger partial charge in [-0.15, -0.1) is 0 Å². The predicted octanol–water partition coefficient (Wildman–Crippen LogP) is 2.91. The SMILES string of the molecule is CN1CC[C@@H](C(=O)Nc2ccc(Cl)c(Br)c2)CC1=O. The molecule has 0 aliphatic carbocycles. The largest absolute Gasteiger partial charge is 0.346 e. The van der Waals surface area contributed by atoms with Gasteiger partial charge in [-0.1, -0.05) is 11.6 Å². The molecule has 6 heteroatoms. The average molecular weight is 346 g/mol. The number of hydrogen-bond acceptors (Lipinski definition) is 2. The summed E-state index contributed by atoms with van der Waals surface area (Å²) in [4.78, 5) is 25.3. The topological polar surface area (TPSA) is 49.4 Å². The molecule has 4 nitrogen and oxygen atoms in total. The Bertz CT molecular complexity index is 521. The maximum absolute atomic E-state index is 12.1. The molecule has 0 unspecified atom stereocenters. The van der Waals surface area contributed by atoms with Crippen LogP contribution < -0.4 is 5.32 Å². The summed E-state index contributed by atoms with van der Waals surface area (Å²) in [5.74, 6) is -0.350. The first kappa shape index (κ1) is 14.3. The lowest BCUT2D eigenvalue weighted by Gasteiger charge is -2.27. The molecule has 0 bridgehead atoms. The van der Waals surface area contributed by atoms with Crippen LogP contribution in [0.5, 0.6) is 0 Å². The Balaban J connectivity index is 2.01. The summed E-state index contributed by atoms with van der Waals surface area (Å²) < 4.78 is 0.728. The van der Waals surface area contributed by atoms with E-state index in [4.69, 9.17) is 11.6 Å². The quantitative estimate of drug-likeness (QED) is 0.896. The van der Waals surface area contributed by atoms with Gasteiger partial charge in [0.1, 0.15) is 0 Å². The van der Waals surface area contributed by atoms with E-state index in [2.05, 4.69) is 21.2 Å². The van der Waals surface area contributed by atoms with Crippen LogP contribution in [-0.4, -0.2) is 30.3 Å². The third-order valence-corrected chi connectivity index (χ3v) is 4.43. The van der Waals surface area contributed by atoms with E-state index in [0.29, 0.717) is 23.7 Å². The summed E-state index contributed by atoms with van der Waals surface area (Å²) in [5, 5.41) is 3.41. The summed E-state index contributed by atoms with van der Waals surface area (Å²) in [6, 6.07) is 5.19. The van der Waals surface area contributed by atoms with Crippen molar-refractivity contribution in [3.8, 4) is 0 Å². The minimum Gasteiger partial charge on any atom is -0.346 e. The van der Waals surface area contributed by atoms with Gasteiger partial charge in [-0.05, 0) is 40.5 Å². The number of amides is 2. The number of carbonyl (C=O) groups is 2. The van der Waals surface area contributed by atoms with E-state index in [9.17, 15) is 9.59 Å². The fourth-order valence-electron chi connectivity index (χ4n) is 1.98. The van der Waals surface area contributed by atoms with Gasteiger partial charge in [0.15, 0.2) is 0 Å². The van der Waals surface area contributed by atoms with E-state index >= 15 is 0 Å². The maximum Gasteiger partial charge on any atom is 0.228 e. The molecule has 1 fully saturated rings. The number of piperidine rings is 1. The molecule has 1 aliphatic heterocycles. The minimum atomic E-state index is -0.252. The molecule has 1 aliphatic rings. The highest BCUT2D eigenvalue weighted by Gasteiger charge is 2.28. The Morgan fingerprint density at radius 3 is 2.89 bits per heavy atom. The molecule has 0 spiro atoms. The fraction of sp³-hybridized carbons (Fsp3) is 0.385. The summed E-state index contributed by atoms with van der Waals surface area (Å²) in [6.07, 6.45) is 0.972. The zero-order valence-corrected chi connectivity index (χ0v) is 12.8. The third kappa shape index (κ3) is 3.48. The predicted molar refractivity (Wildman–Crippen MR) is 78.1 cm³/mol. The van der Waals surface area contributed by atoms with Crippen LogP contribution in [0.15, 0.2) is 22.7 Å². The molecule has 1 N–H and O–H groups in total. The molecule has 1 atom stereocenters. The molecule has 19 heavy (non-hydrogen) atoms. The Kier molecular flexibility index (Phi) is 4.47. The van der Waals surface area contributed by atoms with Crippen molar-refractivity contribution in [2.24, 2.45) is 5.92 Å². The van der Waals surface area contributed by atoms with Gasteiger partial charge in [-0.2, -0.15) is 0 Å². The highest BCUT2D eigenvalue weighted by molar-refractivity contribution is 9.10. The Hall–Kier alpha value is -1.07. The van der Waals surface area contributed by atoms with Gasteiger partial charge in [0, 0.05) is 36.1 Å². The van der Waals surface area contributed by atoms with Crippen molar-refractivity contribution < 1.29 is 9.59 Å². The lowest BCUT2D eigenvalue weighted by Crippen LogP contribution is -2.39. The van der Waals surface area contributed by atoms with Crippen molar-refractivity contribution >= 4 is 45.0 Å². The molecular formula is C13H14BrClN2O2. The van der Waals surface area contributed by atoms with Crippen molar-refractivity contribution in [3.05, 3.63) is 27.7 Å². The molecule has 102 valence electrons. The highest BCUT2D eigenvalue weighted by atomic mass is 79.9. The zero-order chi connectivity index (χ0) is 14.0. The molecule has 1 saturated heterocycles. The van der Waals surface area contributed by atoms with Crippen LogP contribution in [0.2, 0.25) is 5.02 Å². The number of likely N-dealkylation sites (tertiary alicyclic amines) is 1. The van der Waals surface area contributed by atoms with Crippen LogP contribution in [0, 0.1) is 5.92 Å². The third-order valence-electron chi connectivity index (χ3n) is 3.22. The highest BCUT2D eigenvalue weighted by Crippen LogP contribution is 2.26. The van der Waals surface area contributed by atoms with E-state index in [1.807, 2.05) is 0 Å². The number of carbonyl (C=O) groups excluding carboxylic acids is 2. The number of halogens is 2. The Morgan fingerprint density at radius 2 is 2.26 bits per heavy atom. The fourth-order valence-corrected chi connectivity index (χ4v) is 2.48. The summed E-state index contributed by atoms with van der Waals surface area (Å²) in [5.41, 5.74) is 0.674. The minimum absolute atomic E-state index is 0.0173. The van der Waals surface area contributed by atoms with Crippen LogP contribution in [0.1, 0.15) is 12.8 Å². The van der Waals surface area contributed by atoms with Crippen molar-refractivity contribution in [2.75, 3.05) is 18.9 Å². The smallest absolute Gasteiger partial charge is 0.228 e. The van der Waals surface area contributed by atoms with Gasteiger partial charge < -0.3 is 10.2 Å². The molecule has 2 rings (SSSR count). The second-order valence-corrected chi connectivity index (χ2v) is 5.88. The van der Waals surface area contributed by atoms with E-state index in [0.717, 1.165) is 4.47 Å². The van der Waals surface area contributed by atoms with Gasteiger partial charge in [0.05, 0.1) is 5.02 Å². The number of benzene rings is 1. The van der Waals surface area contributed by atoms with Crippen LogP contribution in [0.25, 0.3) is 0 Å². The molecule has 0 aromatic heterocycles. The lowest BCUT2D eigenvalue weighted by molar-refractivity contribution is -0.137. The maximum atomic E-state index is 12.1. The van der Waals surface area contributed by atoms with Crippen LogP contribution in [0.4, 0.5) is 5.69 Å². The number of rotatable bonds is 2. The van der Waals surface area contributed by atoms with E-state index < -0.39 is 0 Å². The number of hydrogen-bond donors (Lipinski definition) is 1. The second kappa shape index (κ2) is 5.92. The first-order valence-electron chi connectivity index (χ1n) is 5.97. The Labute approximate surface area is 125 Å². The summed E-state index contributed by atoms with van der Waals surface area (Å²) in [7, 11) is 1.76. The van der Waals surface area contributed by atoms with Gasteiger partial charge in [-0.3, -0.25) is 9.59 Å². The standard InChI is InChI=1S/C13H14BrClN2O2/c1-17-5-4-8(6-12(17)18)13(19)16-9-2-3-11(15)10(14)7-9/h2-3,7-8H,4-6H2,1H3,(H,16,19)/t8-/m1/s1. The second-order valence-electron chi connectivity index (χ2n) is 4.62. The normalized spacial score (nSPS) is 19.4. The van der Waals surface area contributed by atoms with Gasteiger partial charge in [-0.25, -0.2) is 0 Å². The van der Waals surface area contributed by atoms with Gasteiger partial charge >= 0.3 is 0 Å². The van der Waals surface area contributed by atoms with E-state index in [1.54, 1.807) is 30.1 Å². The monoisotopic (exact) mass is 344 g/mol. The van der Waals surface area contributed by atoms with Gasteiger partial charge in [0.25, 0.3) is 0 Å². The number of nitrogens with zero attached hydrogens (tertiary/aromatic N) is 1. The molecule has 1 heterocycles. The number of anilines is 1. The van der Waals surface area contributed by atoms with Crippen LogP contribution in [-0.2, 0) is 9.59 Å². The van der Waals surface area contributed by atoms with Gasteiger partial charge in [0.2, 0.25) is 11.8 Å². The number of nitrogens with one attached hydrogen (secondary N) is 1. The molecule has 0 radical (unpaired) electrons. The molecular weight excluding hydrogens is 332 g/mol. The molecule has 1 aromatic carbocycles. The van der Waals surface area contributed by atoms with Crippen molar-refractivity contribution in [1.82, 2.24) is 4.90 Å². The molecule has 0 saturated carbocycles. The van der Waals surface area contributed by atoms with Crippen molar-refractivity contribution in [2.45, 2.75) is 12.8 Å². The Morgan fingerprint density at radius 1 is 1.53 bits per heavy atom. The molecule has 2 amide bonds. The summed E-state index contributed by atoms with van der Waals surface area (Å²) >= 11 is 9.20. The lowest BCUT2D eigenvalue weighted by atomic mass is 9.95. The summed E-state index contributed by atoms with van der Waals surface area (Å²) in [6.45, 7) is 0.626.